The van der Waals surface area contributed by atoms with Crippen molar-refractivity contribution in [2.45, 2.75) is 32.2 Å². The fourth-order valence-electron chi connectivity index (χ4n) is 3.38. The van der Waals surface area contributed by atoms with Crippen molar-refractivity contribution in [1.29, 1.82) is 0 Å². The molecule has 2 N–H and O–H groups in total. The van der Waals surface area contributed by atoms with Crippen molar-refractivity contribution in [3.63, 3.8) is 0 Å². The van der Waals surface area contributed by atoms with E-state index in [-0.39, 0.29) is 16.7 Å². The highest BCUT2D eigenvalue weighted by molar-refractivity contribution is 5.70. The van der Waals surface area contributed by atoms with Crippen LogP contribution >= 0.6 is 0 Å². The quantitative estimate of drug-likeness (QED) is 0.644. The Hall–Kier alpha value is -1.82. The Balaban J connectivity index is 2.45. The van der Waals surface area contributed by atoms with E-state index in [4.69, 9.17) is 10.5 Å². The largest absolute Gasteiger partial charge is 0.490 e. The summed E-state index contributed by atoms with van der Waals surface area (Å²) < 4.78 is 5.16. The van der Waals surface area contributed by atoms with Gasteiger partial charge >= 0.3 is 5.69 Å². The van der Waals surface area contributed by atoms with Crippen molar-refractivity contribution in [2.75, 3.05) is 25.1 Å². The SMILES string of the molecule is CCN(c1cccc(OC)c1[N+](=O)[O-])C1CCCC1CN. The molecule has 2 atom stereocenters. The monoisotopic (exact) mass is 293 g/mol. The number of nitro benzene ring substituents is 1. The maximum Gasteiger partial charge on any atom is 0.333 e. The molecule has 2 unspecified atom stereocenters. The van der Waals surface area contributed by atoms with E-state index in [9.17, 15) is 10.1 Å². The number of nitro groups is 1. The molecule has 116 valence electrons. The molecule has 0 amide bonds. The van der Waals surface area contributed by atoms with Gasteiger partial charge in [-0.25, -0.2) is 0 Å². The molecule has 0 saturated heterocycles. The van der Waals surface area contributed by atoms with Crippen LogP contribution < -0.4 is 15.4 Å². The molecule has 1 saturated carbocycles. The van der Waals surface area contributed by atoms with Gasteiger partial charge in [0.15, 0.2) is 5.75 Å². The van der Waals surface area contributed by atoms with E-state index in [1.807, 2.05) is 6.92 Å². The highest BCUT2D eigenvalue weighted by Crippen LogP contribution is 2.41. The van der Waals surface area contributed by atoms with E-state index in [2.05, 4.69) is 4.90 Å². The number of methoxy groups -OCH3 is 1. The van der Waals surface area contributed by atoms with Gasteiger partial charge in [-0.3, -0.25) is 10.1 Å². The van der Waals surface area contributed by atoms with E-state index in [0.717, 1.165) is 25.8 Å². The number of para-hydroxylation sites is 1. The van der Waals surface area contributed by atoms with E-state index in [0.29, 0.717) is 23.9 Å². The summed E-state index contributed by atoms with van der Waals surface area (Å²) in [7, 11) is 1.46. The third kappa shape index (κ3) is 2.95. The number of hydrogen-bond acceptors (Lipinski definition) is 5. The molecule has 0 aliphatic heterocycles. The molecule has 1 aliphatic rings. The highest BCUT2D eigenvalue weighted by Gasteiger charge is 2.34. The summed E-state index contributed by atoms with van der Waals surface area (Å²) >= 11 is 0. The van der Waals surface area contributed by atoms with Crippen LogP contribution in [0, 0.1) is 16.0 Å². The predicted octanol–water partition coefficient (Wildman–Crippen LogP) is 2.56. The maximum atomic E-state index is 11.5. The molecule has 21 heavy (non-hydrogen) atoms. The van der Waals surface area contributed by atoms with Crippen LogP contribution in [0.5, 0.6) is 5.75 Å². The van der Waals surface area contributed by atoms with Crippen LogP contribution in [0.4, 0.5) is 11.4 Å². The zero-order chi connectivity index (χ0) is 15.4. The minimum Gasteiger partial charge on any atom is -0.490 e. The number of hydrogen-bond donors (Lipinski definition) is 1. The summed E-state index contributed by atoms with van der Waals surface area (Å²) in [6.07, 6.45) is 3.25. The van der Waals surface area contributed by atoms with Crippen molar-refractivity contribution in [2.24, 2.45) is 11.7 Å². The molecule has 1 aromatic rings. The lowest BCUT2D eigenvalue weighted by atomic mass is 10.0. The maximum absolute atomic E-state index is 11.5. The fourth-order valence-corrected chi connectivity index (χ4v) is 3.38. The summed E-state index contributed by atoms with van der Waals surface area (Å²) in [6.45, 7) is 3.36. The van der Waals surface area contributed by atoms with E-state index in [1.165, 1.54) is 7.11 Å². The first-order valence-corrected chi connectivity index (χ1v) is 7.42. The topological polar surface area (TPSA) is 81.6 Å². The second kappa shape index (κ2) is 6.76. The lowest BCUT2D eigenvalue weighted by Gasteiger charge is -2.33. The predicted molar refractivity (Wildman–Crippen MR) is 82.9 cm³/mol. The van der Waals surface area contributed by atoms with Crippen LogP contribution in [-0.2, 0) is 0 Å². The minimum absolute atomic E-state index is 0.0459. The Morgan fingerprint density at radius 3 is 2.81 bits per heavy atom. The highest BCUT2D eigenvalue weighted by atomic mass is 16.6. The molecule has 1 aromatic carbocycles. The number of benzene rings is 1. The van der Waals surface area contributed by atoms with Gasteiger partial charge < -0.3 is 15.4 Å². The minimum atomic E-state index is -0.358. The third-order valence-electron chi connectivity index (χ3n) is 4.35. The zero-order valence-corrected chi connectivity index (χ0v) is 12.6. The van der Waals surface area contributed by atoms with Crippen LogP contribution in [0.3, 0.4) is 0 Å². The molecular formula is C15H23N3O3. The third-order valence-corrected chi connectivity index (χ3v) is 4.35. The van der Waals surface area contributed by atoms with Crippen molar-refractivity contribution < 1.29 is 9.66 Å². The lowest BCUT2D eigenvalue weighted by molar-refractivity contribution is -0.385. The van der Waals surface area contributed by atoms with Crippen molar-refractivity contribution >= 4 is 11.4 Å². The number of nitrogens with zero attached hydrogens (tertiary/aromatic N) is 2. The van der Waals surface area contributed by atoms with Gasteiger partial charge in [0, 0.05) is 12.6 Å². The lowest BCUT2D eigenvalue weighted by Crippen LogP contribution is -2.40. The average Bonchev–Trinajstić information content (AvgIpc) is 2.95. The van der Waals surface area contributed by atoms with Crippen molar-refractivity contribution in [3.8, 4) is 5.75 Å². The molecule has 2 rings (SSSR count). The van der Waals surface area contributed by atoms with Gasteiger partial charge in [0.25, 0.3) is 0 Å². The molecule has 0 heterocycles. The molecule has 0 aromatic heterocycles. The second-order valence-corrected chi connectivity index (χ2v) is 5.37. The molecule has 6 nitrogen and oxygen atoms in total. The number of nitrogens with two attached hydrogens (primary N) is 1. The van der Waals surface area contributed by atoms with Crippen LogP contribution in [0.1, 0.15) is 26.2 Å². The Morgan fingerprint density at radius 2 is 2.24 bits per heavy atom. The van der Waals surface area contributed by atoms with Crippen LogP contribution in [-0.4, -0.2) is 31.2 Å². The standard InChI is InChI=1S/C15H23N3O3/c1-3-17(12-7-4-6-11(12)10-16)13-8-5-9-14(21-2)15(13)18(19)20/h5,8-9,11-12H,3-4,6-7,10,16H2,1-2H3. The van der Waals surface area contributed by atoms with Crippen molar-refractivity contribution in [3.05, 3.63) is 28.3 Å². The first-order chi connectivity index (χ1) is 10.1. The molecule has 6 heteroatoms. The first-order valence-electron chi connectivity index (χ1n) is 7.42. The Bertz CT molecular complexity index is 507. The fraction of sp³-hybridized carbons (Fsp3) is 0.600. The molecule has 1 fully saturated rings. The second-order valence-electron chi connectivity index (χ2n) is 5.37. The molecular weight excluding hydrogens is 270 g/mol. The zero-order valence-electron chi connectivity index (χ0n) is 12.6. The molecule has 0 bridgehead atoms. The Morgan fingerprint density at radius 1 is 1.48 bits per heavy atom. The van der Waals surface area contributed by atoms with Gasteiger partial charge in [-0.2, -0.15) is 0 Å². The molecule has 1 aliphatic carbocycles. The smallest absolute Gasteiger partial charge is 0.333 e. The summed E-state index contributed by atoms with van der Waals surface area (Å²) in [6, 6.07) is 5.50. The van der Waals surface area contributed by atoms with Gasteiger partial charge in [-0.15, -0.1) is 0 Å². The summed E-state index contributed by atoms with van der Waals surface area (Å²) in [4.78, 5) is 13.2. The molecule has 0 spiro atoms. The van der Waals surface area contributed by atoms with Gasteiger partial charge in [-0.05, 0) is 44.4 Å². The Kier molecular flexibility index (Phi) is 5.01. The van der Waals surface area contributed by atoms with Gasteiger partial charge in [0.1, 0.15) is 5.69 Å². The van der Waals surface area contributed by atoms with E-state index >= 15 is 0 Å². The summed E-state index contributed by atoms with van der Waals surface area (Å²) in [5.41, 5.74) is 6.54. The van der Waals surface area contributed by atoms with Crippen LogP contribution in [0.2, 0.25) is 0 Å². The van der Waals surface area contributed by atoms with E-state index in [1.54, 1.807) is 18.2 Å². The number of anilines is 1. The average molecular weight is 293 g/mol. The normalized spacial score (nSPS) is 21.3. The van der Waals surface area contributed by atoms with Crippen molar-refractivity contribution in [1.82, 2.24) is 0 Å². The van der Waals surface area contributed by atoms with Gasteiger partial charge in [0.2, 0.25) is 0 Å². The van der Waals surface area contributed by atoms with Gasteiger partial charge in [0.05, 0.1) is 12.0 Å². The van der Waals surface area contributed by atoms with E-state index < -0.39 is 0 Å². The van der Waals surface area contributed by atoms with Crippen LogP contribution in [0.15, 0.2) is 18.2 Å². The summed E-state index contributed by atoms with van der Waals surface area (Å²) in [5, 5.41) is 11.5. The summed E-state index contributed by atoms with van der Waals surface area (Å²) in [5.74, 6) is 0.703. The molecule has 0 radical (unpaired) electrons. The number of rotatable bonds is 6. The number of ether oxygens (including phenoxy) is 1. The van der Waals surface area contributed by atoms with Gasteiger partial charge in [-0.1, -0.05) is 12.5 Å². The van der Waals surface area contributed by atoms with Crippen LogP contribution in [0.25, 0.3) is 0 Å². The Labute approximate surface area is 125 Å². The first kappa shape index (κ1) is 15.6.